The van der Waals surface area contributed by atoms with Crippen LogP contribution in [0.15, 0.2) is 48.5 Å². The Morgan fingerprint density at radius 3 is 2.00 bits per heavy atom. The Labute approximate surface area is 197 Å². The Hall–Kier alpha value is -2.87. The van der Waals surface area contributed by atoms with Crippen molar-refractivity contribution >= 4 is 27.5 Å². The van der Waals surface area contributed by atoms with Crippen LogP contribution in [0.5, 0.6) is 0 Å². The molecule has 7 nitrogen and oxygen atoms in total. The highest BCUT2D eigenvalue weighted by Crippen LogP contribution is 2.20. The van der Waals surface area contributed by atoms with E-state index in [1.165, 1.54) is 4.90 Å². The van der Waals surface area contributed by atoms with Crippen molar-refractivity contribution in [3.8, 4) is 0 Å². The van der Waals surface area contributed by atoms with Crippen LogP contribution >= 0.6 is 0 Å². The van der Waals surface area contributed by atoms with Gasteiger partial charge in [0.05, 0.1) is 11.9 Å². The van der Waals surface area contributed by atoms with E-state index in [0.29, 0.717) is 18.7 Å². The second-order valence-electron chi connectivity index (χ2n) is 8.12. The van der Waals surface area contributed by atoms with Crippen LogP contribution in [0.3, 0.4) is 0 Å². The number of hydrogen-bond acceptors (Lipinski definition) is 4. The van der Waals surface area contributed by atoms with Gasteiger partial charge in [-0.3, -0.25) is 13.9 Å². The number of hydrogen-bond donors (Lipinski definition) is 1. The minimum absolute atomic E-state index is 0.209. The summed E-state index contributed by atoms with van der Waals surface area (Å²) in [5, 5.41) is 2.79. The number of aryl methyl sites for hydroxylation is 2. The van der Waals surface area contributed by atoms with Crippen LogP contribution in [0.4, 0.5) is 5.69 Å². The zero-order valence-electron chi connectivity index (χ0n) is 20.2. The minimum Gasteiger partial charge on any atom is -0.355 e. The summed E-state index contributed by atoms with van der Waals surface area (Å²) in [6.07, 6.45) is 2.32. The minimum atomic E-state index is -3.72. The quantitative estimate of drug-likeness (QED) is 0.543. The fraction of sp³-hybridized carbons (Fsp3) is 0.440. The third kappa shape index (κ3) is 7.32. The lowest BCUT2D eigenvalue weighted by atomic mass is 10.1. The highest BCUT2D eigenvalue weighted by Gasteiger charge is 2.31. The van der Waals surface area contributed by atoms with Crippen LogP contribution in [-0.2, 0) is 32.6 Å². The first-order valence-electron chi connectivity index (χ1n) is 11.3. The molecule has 0 unspecified atom stereocenters. The SMILES string of the molecule is CCNC(=O)[C@H](CC)N(Cc1ccc(C)cc1)C(=O)CN(c1ccc(CC)cc1)S(C)(=O)=O. The molecule has 1 N–H and O–H groups in total. The standard InChI is InChI=1S/C25H35N3O4S/c1-6-20-13-15-22(16-14-20)28(33(5,31)32)18-24(29)27(23(7-2)25(30)26-8-3)17-21-11-9-19(4)10-12-21/h9-16,23H,6-8,17-18H2,1-5H3,(H,26,30)/t23-/m0/s1. The van der Waals surface area contributed by atoms with Crippen LogP contribution in [0.25, 0.3) is 0 Å². The van der Waals surface area contributed by atoms with Gasteiger partial charge < -0.3 is 10.2 Å². The number of carbonyl (C=O) groups excluding carboxylic acids is 2. The summed E-state index contributed by atoms with van der Waals surface area (Å²) in [5.41, 5.74) is 3.45. The average molecular weight is 474 g/mol. The third-order valence-corrected chi connectivity index (χ3v) is 6.66. The number of nitrogens with one attached hydrogen (secondary N) is 1. The number of benzene rings is 2. The van der Waals surface area contributed by atoms with Crippen LogP contribution in [0.2, 0.25) is 0 Å². The zero-order chi connectivity index (χ0) is 24.6. The van der Waals surface area contributed by atoms with E-state index >= 15 is 0 Å². The maximum Gasteiger partial charge on any atom is 0.244 e. The molecule has 0 aliphatic carbocycles. The summed E-state index contributed by atoms with van der Waals surface area (Å²) in [5.74, 6) is -0.683. The summed E-state index contributed by atoms with van der Waals surface area (Å²) in [6, 6.07) is 14.1. The first-order valence-corrected chi connectivity index (χ1v) is 13.1. The Bertz CT molecular complexity index is 1030. The van der Waals surface area contributed by atoms with Crippen LogP contribution < -0.4 is 9.62 Å². The third-order valence-electron chi connectivity index (χ3n) is 5.52. The molecule has 0 aliphatic heterocycles. The van der Waals surface area contributed by atoms with Gasteiger partial charge in [0.2, 0.25) is 21.8 Å². The maximum atomic E-state index is 13.5. The number of rotatable bonds is 11. The van der Waals surface area contributed by atoms with Crippen molar-refractivity contribution in [2.75, 3.05) is 23.7 Å². The molecular weight excluding hydrogens is 438 g/mol. The van der Waals surface area contributed by atoms with E-state index in [1.54, 1.807) is 12.1 Å². The Kier molecular flexibility index (Phi) is 9.46. The van der Waals surface area contributed by atoms with E-state index in [-0.39, 0.29) is 19.0 Å². The van der Waals surface area contributed by atoms with Crippen LogP contribution in [-0.4, -0.2) is 50.5 Å². The second kappa shape index (κ2) is 11.8. The zero-order valence-corrected chi connectivity index (χ0v) is 21.0. The molecule has 0 heterocycles. The molecule has 0 saturated heterocycles. The monoisotopic (exact) mass is 473 g/mol. The number of nitrogens with zero attached hydrogens (tertiary/aromatic N) is 2. The topological polar surface area (TPSA) is 86.8 Å². The summed E-state index contributed by atoms with van der Waals surface area (Å²) >= 11 is 0. The predicted molar refractivity (Wildman–Crippen MR) is 133 cm³/mol. The highest BCUT2D eigenvalue weighted by atomic mass is 32.2. The Balaban J connectivity index is 2.40. The molecule has 180 valence electrons. The van der Waals surface area contributed by atoms with Crippen molar-refractivity contribution in [3.63, 3.8) is 0 Å². The summed E-state index contributed by atoms with van der Waals surface area (Å²) in [7, 11) is -3.72. The molecule has 2 amide bonds. The highest BCUT2D eigenvalue weighted by molar-refractivity contribution is 7.92. The van der Waals surface area contributed by atoms with Gasteiger partial charge in [0.25, 0.3) is 0 Å². The largest absolute Gasteiger partial charge is 0.355 e. The molecule has 8 heteroatoms. The van der Waals surface area contributed by atoms with Crippen molar-refractivity contribution in [1.82, 2.24) is 10.2 Å². The number of amides is 2. The van der Waals surface area contributed by atoms with Crippen molar-refractivity contribution in [2.24, 2.45) is 0 Å². The number of likely N-dealkylation sites (N-methyl/N-ethyl adjacent to an activating group) is 1. The van der Waals surface area contributed by atoms with Crippen LogP contribution in [0.1, 0.15) is 43.9 Å². The van der Waals surface area contributed by atoms with Crippen LogP contribution in [0, 0.1) is 6.92 Å². The van der Waals surface area contributed by atoms with Gasteiger partial charge in [-0.25, -0.2) is 8.42 Å². The molecule has 0 spiro atoms. The van der Waals surface area contributed by atoms with E-state index in [1.807, 2.05) is 64.1 Å². The van der Waals surface area contributed by atoms with Gasteiger partial charge in [-0.2, -0.15) is 0 Å². The van der Waals surface area contributed by atoms with Crippen molar-refractivity contribution < 1.29 is 18.0 Å². The molecular formula is C25H35N3O4S. The van der Waals surface area contributed by atoms with Gasteiger partial charge in [-0.1, -0.05) is 55.8 Å². The van der Waals surface area contributed by atoms with E-state index < -0.39 is 22.0 Å². The van der Waals surface area contributed by atoms with E-state index in [4.69, 9.17) is 0 Å². The van der Waals surface area contributed by atoms with Gasteiger partial charge in [0.15, 0.2) is 0 Å². The van der Waals surface area contributed by atoms with Gasteiger partial charge in [0, 0.05) is 13.1 Å². The molecule has 2 aromatic carbocycles. The molecule has 0 bridgehead atoms. The second-order valence-corrected chi connectivity index (χ2v) is 10.0. The molecule has 1 atom stereocenters. The molecule has 2 rings (SSSR count). The smallest absolute Gasteiger partial charge is 0.244 e. The van der Waals surface area contributed by atoms with E-state index in [0.717, 1.165) is 33.7 Å². The van der Waals surface area contributed by atoms with Gasteiger partial charge in [-0.05, 0) is 49.9 Å². The first-order chi connectivity index (χ1) is 15.6. The van der Waals surface area contributed by atoms with Gasteiger partial charge >= 0.3 is 0 Å². The van der Waals surface area contributed by atoms with Gasteiger partial charge in [0.1, 0.15) is 12.6 Å². The van der Waals surface area contributed by atoms with Crippen molar-refractivity contribution in [1.29, 1.82) is 0 Å². The Morgan fingerprint density at radius 2 is 1.52 bits per heavy atom. The summed E-state index contributed by atoms with van der Waals surface area (Å²) in [6.45, 7) is 7.93. The maximum absolute atomic E-state index is 13.5. The Morgan fingerprint density at radius 1 is 0.939 bits per heavy atom. The molecule has 0 aromatic heterocycles. The lowest BCUT2D eigenvalue weighted by molar-refractivity contribution is -0.140. The van der Waals surface area contributed by atoms with E-state index in [2.05, 4.69) is 5.32 Å². The molecule has 0 radical (unpaired) electrons. The molecule has 2 aromatic rings. The molecule has 0 saturated carbocycles. The number of carbonyl (C=O) groups is 2. The fourth-order valence-corrected chi connectivity index (χ4v) is 4.46. The lowest BCUT2D eigenvalue weighted by Gasteiger charge is -2.32. The molecule has 0 fully saturated rings. The number of sulfonamides is 1. The van der Waals surface area contributed by atoms with Gasteiger partial charge in [-0.15, -0.1) is 0 Å². The fourth-order valence-electron chi connectivity index (χ4n) is 3.61. The van der Waals surface area contributed by atoms with Crippen molar-refractivity contribution in [3.05, 3.63) is 65.2 Å². The van der Waals surface area contributed by atoms with Crippen molar-refractivity contribution in [2.45, 2.75) is 53.1 Å². The average Bonchev–Trinajstić information content (AvgIpc) is 2.78. The number of anilines is 1. The predicted octanol–water partition coefficient (Wildman–Crippen LogP) is 3.27. The summed E-state index contributed by atoms with van der Waals surface area (Å²) in [4.78, 5) is 27.7. The molecule has 33 heavy (non-hydrogen) atoms. The summed E-state index contributed by atoms with van der Waals surface area (Å²) < 4.78 is 26.3. The molecule has 0 aliphatic rings. The first kappa shape index (κ1) is 26.4. The lowest BCUT2D eigenvalue weighted by Crippen LogP contribution is -2.52. The van der Waals surface area contributed by atoms with E-state index in [9.17, 15) is 18.0 Å². The normalized spacial score (nSPS) is 12.2.